The highest BCUT2D eigenvalue weighted by atomic mass is 16.5. The Kier molecular flexibility index (Phi) is 3.04. The second-order valence-electron chi connectivity index (χ2n) is 4.52. The summed E-state index contributed by atoms with van der Waals surface area (Å²) >= 11 is 0. The molecule has 3 heterocycles. The highest BCUT2D eigenvalue weighted by Gasteiger charge is 2.28. The largest absolute Gasteiger partial charge is 0.465 e. The van der Waals surface area contributed by atoms with E-state index in [1.54, 1.807) is 0 Å². The van der Waals surface area contributed by atoms with E-state index in [4.69, 9.17) is 9.84 Å². The summed E-state index contributed by atoms with van der Waals surface area (Å²) in [5.41, 5.74) is 0.759. The molecule has 0 saturated carbocycles. The summed E-state index contributed by atoms with van der Waals surface area (Å²) in [4.78, 5) is 10.7. The van der Waals surface area contributed by atoms with Crippen molar-refractivity contribution in [2.75, 3.05) is 6.61 Å². The van der Waals surface area contributed by atoms with Gasteiger partial charge in [0.25, 0.3) is 0 Å². The number of rotatable bonds is 2. The molecule has 1 saturated heterocycles. The molecule has 0 bridgehead atoms. The van der Waals surface area contributed by atoms with Crippen LogP contribution < -0.4 is 5.32 Å². The van der Waals surface area contributed by atoms with E-state index in [2.05, 4.69) is 15.5 Å². The summed E-state index contributed by atoms with van der Waals surface area (Å²) in [6.07, 6.45) is 1.89. The second kappa shape index (κ2) is 4.85. The van der Waals surface area contributed by atoms with E-state index in [-0.39, 0.29) is 12.1 Å². The molecular weight excluding hydrogens is 248 g/mol. The minimum absolute atomic E-state index is 0.104. The summed E-state index contributed by atoms with van der Waals surface area (Å²) in [7, 11) is 0. The standard InChI is InChI=1S/C12H14N4O3/c17-12(18)13-8-4-6-19-9(7-8)11-15-14-10-3-1-2-5-16(10)11/h1-3,5,8-9,13H,4,6-7H2,(H,17,18). The molecule has 2 aromatic rings. The molecule has 100 valence electrons. The number of ether oxygens (including phenoxy) is 1. The molecular formula is C12H14N4O3. The van der Waals surface area contributed by atoms with Gasteiger partial charge in [0.05, 0.1) is 0 Å². The summed E-state index contributed by atoms with van der Waals surface area (Å²) in [6.45, 7) is 0.511. The first-order valence-corrected chi connectivity index (χ1v) is 6.15. The Balaban J connectivity index is 1.83. The predicted octanol–water partition coefficient (Wildman–Crippen LogP) is 1.22. The maximum atomic E-state index is 10.7. The van der Waals surface area contributed by atoms with Crippen molar-refractivity contribution in [1.82, 2.24) is 19.9 Å². The molecule has 3 rings (SSSR count). The van der Waals surface area contributed by atoms with Crippen molar-refractivity contribution in [2.45, 2.75) is 25.0 Å². The summed E-state index contributed by atoms with van der Waals surface area (Å²) in [5, 5.41) is 19.5. The van der Waals surface area contributed by atoms with Crippen LogP contribution in [0.1, 0.15) is 24.8 Å². The van der Waals surface area contributed by atoms with Gasteiger partial charge < -0.3 is 15.2 Å². The molecule has 2 aromatic heterocycles. The minimum atomic E-state index is -1.00. The first kappa shape index (κ1) is 11.9. The lowest BCUT2D eigenvalue weighted by atomic mass is 10.0. The van der Waals surface area contributed by atoms with Gasteiger partial charge in [-0.3, -0.25) is 4.40 Å². The van der Waals surface area contributed by atoms with Gasteiger partial charge in [0.15, 0.2) is 11.5 Å². The zero-order valence-electron chi connectivity index (χ0n) is 10.2. The van der Waals surface area contributed by atoms with E-state index in [1.807, 2.05) is 28.8 Å². The zero-order valence-corrected chi connectivity index (χ0v) is 10.2. The van der Waals surface area contributed by atoms with Crippen LogP contribution in [-0.4, -0.2) is 38.4 Å². The molecule has 0 aliphatic carbocycles. The average Bonchev–Trinajstić information content (AvgIpc) is 2.82. The molecule has 1 aliphatic heterocycles. The highest BCUT2D eigenvalue weighted by Crippen LogP contribution is 2.27. The van der Waals surface area contributed by atoms with E-state index in [0.29, 0.717) is 25.3 Å². The molecule has 1 aliphatic rings. The second-order valence-corrected chi connectivity index (χ2v) is 4.52. The van der Waals surface area contributed by atoms with Crippen molar-refractivity contribution in [1.29, 1.82) is 0 Å². The number of carboxylic acid groups (broad SMARTS) is 1. The Morgan fingerprint density at radius 1 is 1.47 bits per heavy atom. The third kappa shape index (κ3) is 2.37. The molecule has 1 fully saturated rings. The van der Waals surface area contributed by atoms with Crippen LogP contribution in [0.5, 0.6) is 0 Å². The maximum Gasteiger partial charge on any atom is 0.404 e. The lowest BCUT2D eigenvalue weighted by Crippen LogP contribution is -2.39. The molecule has 0 radical (unpaired) electrons. The van der Waals surface area contributed by atoms with Crippen LogP contribution in [0.25, 0.3) is 5.65 Å². The van der Waals surface area contributed by atoms with Crippen molar-refractivity contribution in [2.24, 2.45) is 0 Å². The molecule has 2 unspecified atom stereocenters. The first-order valence-electron chi connectivity index (χ1n) is 6.15. The van der Waals surface area contributed by atoms with Crippen molar-refractivity contribution < 1.29 is 14.6 Å². The van der Waals surface area contributed by atoms with Crippen molar-refractivity contribution in [3.8, 4) is 0 Å². The van der Waals surface area contributed by atoms with Crippen LogP contribution >= 0.6 is 0 Å². The molecule has 19 heavy (non-hydrogen) atoms. The normalized spacial score (nSPS) is 23.4. The van der Waals surface area contributed by atoms with E-state index in [9.17, 15) is 4.79 Å². The van der Waals surface area contributed by atoms with Crippen LogP contribution in [0.15, 0.2) is 24.4 Å². The number of carbonyl (C=O) groups is 1. The van der Waals surface area contributed by atoms with Gasteiger partial charge in [-0.1, -0.05) is 6.07 Å². The molecule has 7 heteroatoms. The SMILES string of the molecule is O=C(O)NC1CCOC(c2nnc3ccccn23)C1. The van der Waals surface area contributed by atoms with Crippen molar-refractivity contribution in [3.05, 3.63) is 30.2 Å². The number of amides is 1. The average molecular weight is 262 g/mol. The Morgan fingerprint density at radius 2 is 2.37 bits per heavy atom. The first-order chi connectivity index (χ1) is 9.24. The Labute approximate surface area is 109 Å². The fourth-order valence-corrected chi connectivity index (χ4v) is 2.36. The highest BCUT2D eigenvalue weighted by molar-refractivity contribution is 5.64. The van der Waals surface area contributed by atoms with Crippen LogP contribution in [0.3, 0.4) is 0 Å². The summed E-state index contributed by atoms with van der Waals surface area (Å²) < 4.78 is 7.55. The summed E-state index contributed by atoms with van der Waals surface area (Å²) in [5.74, 6) is 0.715. The van der Waals surface area contributed by atoms with Gasteiger partial charge in [0, 0.05) is 25.3 Å². The minimum Gasteiger partial charge on any atom is -0.465 e. The van der Waals surface area contributed by atoms with Crippen LogP contribution in [0.4, 0.5) is 4.79 Å². The topological polar surface area (TPSA) is 88.8 Å². The van der Waals surface area contributed by atoms with Crippen LogP contribution in [-0.2, 0) is 4.74 Å². The van der Waals surface area contributed by atoms with Gasteiger partial charge in [-0.2, -0.15) is 0 Å². The van der Waals surface area contributed by atoms with Gasteiger partial charge >= 0.3 is 6.09 Å². The van der Waals surface area contributed by atoms with Crippen LogP contribution in [0.2, 0.25) is 0 Å². The number of nitrogens with one attached hydrogen (secondary N) is 1. The third-order valence-electron chi connectivity index (χ3n) is 3.24. The van der Waals surface area contributed by atoms with Gasteiger partial charge in [-0.05, 0) is 18.6 Å². The van der Waals surface area contributed by atoms with Gasteiger partial charge in [0.1, 0.15) is 6.10 Å². The number of hydrogen-bond donors (Lipinski definition) is 2. The summed E-state index contributed by atoms with van der Waals surface area (Å²) in [6, 6.07) is 5.55. The van der Waals surface area contributed by atoms with Crippen LogP contribution in [0, 0.1) is 0 Å². The fraction of sp³-hybridized carbons (Fsp3) is 0.417. The van der Waals surface area contributed by atoms with E-state index >= 15 is 0 Å². The zero-order chi connectivity index (χ0) is 13.2. The van der Waals surface area contributed by atoms with E-state index in [0.717, 1.165) is 5.65 Å². The number of nitrogens with zero attached hydrogens (tertiary/aromatic N) is 3. The van der Waals surface area contributed by atoms with Crippen molar-refractivity contribution >= 4 is 11.7 Å². The molecule has 0 spiro atoms. The number of hydrogen-bond acceptors (Lipinski definition) is 4. The third-order valence-corrected chi connectivity index (χ3v) is 3.24. The van der Waals surface area contributed by atoms with E-state index < -0.39 is 6.09 Å². The number of fused-ring (bicyclic) bond motifs is 1. The van der Waals surface area contributed by atoms with E-state index in [1.165, 1.54) is 0 Å². The molecule has 2 N–H and O–H groups in total. The molecule has 1 amide bonds. The van der Waals surface area contributed by atoms with Gasteiger partial charge in [-0.15, -0.1) is 10.2 Å². The Hall–Kier alpha value is -2.15. The molecule has 2 atom stereocenters. The smallest absolute Gasteiger partial charge is 0.404 e. The number of aromatic nitrogens is 3. The lowest BCUT2D eigenvalue weighted by molar-refractivity contribution is -0.00455. The lowest BCUT2D eigenvalue weighted by Gasteiger charge is -2.28. The Bertz CT molecular complexity index is 597. The Morgan fingerprint density at radius 3 is 3.21 bits per heavy atom. The number of pyridine rings is 1. The van der Waals surface area contributed by atoms with Gasteiger partial charge in [0.2, 0.25) is 0 Å². The quantitative estimate of drug-likeness (QED) is 0.849. The predicted molar refractivity (Wildman–Crippen MR) is 65.9 cm³/mol. The monoisotopic (exact) mass is 262 g/mol. The fourth-order valence-electron chi connectivity index (χ4n) is 2.36. The molecule has 0 aromatic carbocycles. The maximum absolute atomic E-state index is 10.7. The van der Waals surface area contributed by atoms with Crippen molar-refractivity contribution in [3.63, 3.8) is 0 Å². The van der Waals surface area contributed by atoms with Gasteiger partial charge in [-0.25, -0.2) is 4.79 Å². The molecule has 7 nitrogen and oxygen atoms in total.